The molecule has 134 valence electrons. The van der Waals surface area contributed by atoms with Gasteiger partial charge in [-0.15, -0.1) is 0 Å². The van der Waals surface area contributed by atoms with Crippen LogP contribution < -0.4 is 10.1 Å². The molecule has 0 bridgehead atoms. The number of esters is 1. The summed E-state index contributed by atoms with van der Waals surface area (Å²) in [6.45, 7) is 2.22. The topological polar surface area (TPSA) is 47.6 Å². The number of carbonyl (C=O) groups is 1. The highest BCUT2D eigenvalue weighted by atomic mass is 16.5. The molecule has 0 amide bonds. The number of rotatable bonds is 4. The van der Waals surface area contributed by atoms with Gasteiger partial charge in [-0.25, -0.2) is 4.79 Å². The van der Waals surface area contributed by atoms with Gasteiger partial charge in [0.05, 0.1) is 25.3 Å². The van der Waals surface area contributed by atoms with E-state index in [1.54, 1.807) is 7.11 Å². The van der Waals surface area contributed by atoms with Crippen LogP contribution in [0.4, 0.5) is 5.69 Å². The molecule has 0 radical (unpaired) electrons. The van der Waals surface area contributed by atoms with Crippen molar-refractivity contribution in [1.29, 1.82) is 0 Å². The third kappa shape index (κ3) is 2.85. The Bertz CT molecular complexity index is 841. The molecule has 0 fully saturated rings. The van der Waals surface area contributed by atoms with E-state index in [0.29, 0.717) is 24.0 Å². The molecule has 3 unspecified atom stereocenters. The highest BCUT2D eigenvalue weighted by Crippen LogP contribution is 2.50. The Morgan fingerprint density at radius 2 is 2.00 bits per heavy atom. The minimum Gasteiger partial charge on any atom is -0.497 e. The Morgan fingerprint density at radius 1 is 1.19 bits per heavy atom. The van der Waals surface area contributed by atoms with Crippen LogP contribution in [0.1, 0.15) is 46.8 Å². The molecular formula is C22H23NO3. The summed E-state index contributed by atoms with van der Waals surface area (Å²) in [5.74, 6) is 1.36. The summed E-state index contributed by atoms with van der Waals surface area (Å²) >= 11 is 0. The summed E-state index contributed by atoms with van der Waals surface area (Å²) in [4.78, 5) is 12.1. The molecule has 0 spiro atoms. The summed E-state index contributed by atoms with van der Waals surface area (Å²) < 4.78 is 10.4. The normalized spacial score (nSPS) is 22.9. The first kappa shape index (κ1) is 16.7. The standard InChI is InChI=1S/C22H23NO3/c1-3-26-22(24)15-9-12-20-19(13-15)17-5-4-6-18(17)21(23-20)14-7-10-16(25-2)11-8-14/h4-5,7-13,17-18,21,23H,3,6H2,1-2H3. The third-order valence-corrected chi connectivity index (χ3v) is 5.35. The smallest absolute Gasteiger partial charge is 0.338 e. The van der Waals surface area contributed by atoms with E-state index in [1.165, 1.54) is 11.1 Å². The lowest BCUT2D eigenvalue weighted by Gasteiger charge is -2.37. The van der Waals surface area contributed by atoms with Crippen LogP contribution in [0.25, 0.3) is 0 Å². The number of ether oxygens (including phenoxy) is 2. The van der Waals surface area contributed by atoms with Gasteiger partial charge in [0.15, 0.2) is 0 Å². The Hall–Kier alpha value is -2.75. The van der Waals surface area contributed by atoms with Gasteiger partial charge in [0.25, 0.3) is 0 Å². The van der Waals surface area contributed by atoms with Crippen LogP contribution in [-0.4, -0.2) is 19.7 Å². The molecule has 2 aliphatic rings. The van der Waals surface area contributed by atoms with Crippen LogP contribution in [-0.2, 0) is 4.74 Å². The number of nitrogens with one attached hydrogen (secondary N) is 1. The Balaban J connectivity index is 1.68. The fraction of sp³-hybridized carbons (Fsp3) is 0.318. The maximum Gasteiger partial charge on any atom is 0.338 e. The van der Waals surface area contributed by atoms with E-state index < -0.39 is 0 Å². The molecule has 1 N–H and O–H groups in total. The predicted molar refractivity (Wildman–Crippen MR) is 102 cm³/mol. The van der Waals surface area contributed by atoms with Gasteiger partial charge in [-0.05, 0) is 60.7 Å². The fourth-order valence-electron chi connectivity index (χ4n) is 4.08. The molecule has 4 rings (SSSR count). The minimum absolute atomic E-state index is 0.238. The van der Waals surface area contributed by atoms with Crippen LogP contribution >= 0.6 is 0 Å². The Morgan fingerprint density at radius 3 is 2.73 bits per heavy atom. The van der Waals surface area contributed by atoms with E-state index >= 15 is 0 Å². The number of methoxy groups -OCH3 is 1. The first-order chi connectivity index (χ1) is 12.7. The van der Waals surface area contributed by atoms with Crippen LogP contribution in [0, 0.1) is 5.92 Å². The molecule has 1 heterocycles. The Kier molecular flexibility index (Phi) is 4.41. The molecule has 1 aliphatic carbocycles. The first-order valence-electron chi connectivity index (χ1n) is 9.09. The highest BCUT2D eigenvalue weighted by molar-refractivity contribution is 5.90. The number of hydrogen-bond donors (Lipinski definition) is 1. The van der Waals surface area contributed by atoms with Crippen molar-refractivity contribution in [2.24, 2.45) is 5.92 Å². The van der Waals surface area contributed by atoms with E-state index in [9.17, 15) is 4.79 Å². The van der Waals surface area contributed by atoms with Gasteiger partial charge in [0, 0.05) is 11.6 Å². The van der Waals surface area contributed by atoms with Crippen molar-refractivity contribution < 1.29 is 14.3 Å². The Labute approximate surface area is 153 Å². The van der Waals surface area contributed by atoms with Crippen LogP contribution in [0.3, 0.4) is 0 Å². The van der Waals surface area contributed by atoms with Crippen LogP contribution in [0.2, 0.25) is 0 Å². The molecule has 4 nitrogen and oxygen atoms in total. The SMILES string of the molecule is CCOC(=O)c1ccc2c(c1)C1C=CCC1C(c1ccc(OC)cc1)N2. The molecular weight excluding hydrogens is 326 g/mol. The second-order valence-corrected chi connectivity index (χ2v) is 6.77. The van der Waals surface area contributed by atoms with E-state index in [4.69, 9.17) is 9.47 Å². The van der Waals surface area contributed by atoms with E-state index in [1.807, 2.05) is 37.3 Å². The van der Waals surface area contributed by atoms with Crippen LogP contribution in [0.5, 0.6) is 5.75 Å². The van der Waals surface area contributed by atoms with Gasteiger partial charge < -0.3 is 14.8 Å². The van der Waals surface area contributed by atoms with E-state index in [2.05, 4.69) is 29.6 Å². The number of benzene rings is 2. The summed E-state index contributed by atoms with van der Waals surface area (Å²) in [7, 11) is 1.68. The molecule has 0 aromatic heterocycles. The monoisotopic (exact) mass is 349 g/mol. The number of anilines is 1. The van der Waals surface area contributed by atoms with Crippen LogP contribution in [0.15, 0.2) is 54.6 Å². The molecule has 2 aromatic rings. The van der Waals surface area contributed by atoms with Gasteiger partial charge in [0.1, 0.15) is 5.75 Å². The maximum atomic E-state index is 12.1. The zero-order chi connectivity index (χ0) is 18.1. The minimum atomic E-state index is -0.258. The van der Waals surface area contributed by atoms with Crippen molar-refractivity contribution in [3.8, 4) is 5.75 Å². The average molecular weight is 349 g/mol. The van der Waals surface area contributed by atoms with Crippen molar-refractivity contribution in [2.45, 2.75) is 25.3 Å². The van der Waals surface area contributed by atoms with Crippen molar-refractivity contribution >= 4 is 11.7 Å². The summed E-state index contributed by atoms with van der Waals surface area (Å²) in [5, 5.41) is 3.69. The van der Waals surface area contributed by atoms with Crippen molar-refractivity contribution in [3.63, 3.8) is 0 Å². The lowest BCUT2D eigenvalue weighted by Crippen LogP contribution is -2.29. The fourth-order valence-corrected chi connectivity index (χ4v) is 4.08. The largest absolute Gasteiger partial charge is 0.497 e. The second-order valence-electron chi connectivity index (χ2n) is 6.77. The number of carbonyl (C=O) groups excluding carboxylic acids is 1. The van der Waals surface area contributed by atoms with Crippen molar-refractivity contribution in [3.05, 3.63) is 71.3 Å². The summed E-state index contributed by atoms with van der Waals surface area (Å²) in [6, 6.07) is 14.3. The third-order valence-electron chi connectivity index (χ3n) is 5.35. The summed E-state index contributed by atoms with van der Waals surface area (Å²) in [5.41, 5.74) is 4.14. The lowest BCUT2D eigenvalue weighted by atomic mass is 9.76. The molecule has 3 atom stereocenters. The maximum absolute atomic E-state index is 12.1. The summed E-state index contributed by atoms with van der Waals surface area (Å²) in [6.07, 6.45) is 5.55. The quantitative estimate of drug-likeness (QED) is 0.642. The van der Waals surface area contributed by atoms with E-state index in [-0.39, 0.29) is 12.0 Å². The molecule has 0 saturated carbocycles. The molecule has 26 heavy (non-hydrogen) atoms. The van der Waals surface area contributed by atoms with Gasteiger partial charge in [-0.3, -0.25) is 0 Å². The van der Waals surface area contributed by atoms with Crippen molar-refractivity contribution in [2.75, 3.05) is 19.0 Å². The zero-order valence-electron chi connectivity index (χ0n) is 15.1. The van der Waals surface area contributed by atoms with Gasteiger partial charge in [0.2, 0.25) is 0 Å². The van der Waals surface area contributed by atoms with Gasteiger partial charge >= 0.3 is 5.97 Å². The lowest BCUT2D eigenvalue weighted by molar-refractivity contribution is 0.0526. The van der Waals surface area contributed by atoms with Gasteiger partial charge in [-0.1, -0.05) is 24.3 Å². The zero-order valence-corrected chi connectivity index (χ0v) is 15.1. The first-order valence-corrected chi connectivity index (χ1v) is 9.09. The highest BCUT2D eigenvalue weighted by Gasteiger charge is 2.38. The van der Waals surface area contributed by atoms with Gasteiger partial charge in [-0.2, -0.15) is 0 Å². The molecule has 4 heteroatoms. The number of allylic oxidation sites excluding steroid dienone is 2. The number of fused-ring (bicyclic) bond motifs is 3. The average Bonchev–Trinajstić information content (AvgIpc) is 3.17. The molecule has 1 aliphatic heterocycles. The molecule has 2 aromatic carbocycles. The predicted octanol–water partition coefficient (Wildman–Crippen LogP) is 4.70. The number of hydrogen-bond acceptors (Lipinski definition) is 4. The van der Waals surface area contributed by atoms with E-state index in [0.717, 1.165) is 17.9 Å². The van der Waals surface area contributed by atoms with Crippen molar-refractivity contribution in [1.82, 2.24) is 0 Å². The molecule has 0 saturated heterocycles. The second kappa shape index (κ2) is 6.87.